The number of nitrogens with one attached hydrogen (secondary N) is 1. The first kappa shape index (κ1) is 15.4. The third-order valence-electron chi connectivity index (χ3n) is 2.20. The Bertz CT molecular complexity index is 365. The van der Waals surface area contributed by atoms with Crippen LogP contribution in [0.2, 0.25) is 0 Å². The zero-order chi connectivity index (χ0) is 13.4. The number of rotatable bonds is 8. The van der Waals surface area contributed by atoms with Gasteiger partial charge in [0.05, 0.1) is 11.1 Å². The normalized spacial score (nSPS) is 12.4. The highest BCUT2D eigenvalue weighted by Crippen LogP contribution is 2.21. The van der Waals surface area contributed by atoms with Crippen molar-refractivity contribution in [2.45, 2.75) is 6.10 Å². The van der Waals surface area contributed by atoms with Crippen molar-refractivity contribution < 1.29 is 19.0 Å². The van der Waals surface area contributed by atoms with E-state index < -0.39 is 6.10 Å². The second kappa shape index (κ2) is 8.42. The van der Waals surface area contributed by atoms with Crippen molar-refractivity contribution in [2.24, 2.45) is 0 Å². The zero-order valence-corrected chi connectivity index (χ0v) is 11.7. The Morgan fingerprint density at radius 2 is 2.28 bits per heavy atom. The molecule has 0 amide bonds. The Morgan fingerprint density at radius 3 is 2.94 bits per heavy atom. The number of ether oxygens (including phenoxy) is 2. The van der Waals surface area contributed by atoms with E-state index in [4.69, 9.17) is 9.47 Å². The number of halogens is 2. The monoisotopic (exact) mass is 321 g/mol. The molecule has 0 saturated carbocycles. The molecule has 1 atom stereocenters. The molecule has 0 heterocycles. The molecule has 0 aliphatic carbocycles. The molecule has 0 aliphatic heterocycles. The van der Waals surface area contributed by atoms with Gasteiger partial charge >= 0.3 is 0 Å². The number of methoxy groups -OCH3 is 1. The Hall–Kier alpha value is -0.690. The maximum Gasteiger partial charge on any atom is 0.137 e. The fraction of sp³-hybridized carbons (Fsp3) is 0.500. The smallest absolute Gasteiger partial charge is 0.137 e. The molecular weight excluding hydrogens is 305 g/mol. The van der Waals surface area contributed by atoms with E-state index in [-0.39, 0.29) is 12.4 Å². The number of benzene rings is 1. The van der Waals surface area contributed by atoms with Crippen LogP contribution in [0.1, 0.15) is 0 Å². The third-order valence-corrected chi connectivity index (χ3v) is 2.80. The Balaban J connectivity index is 2.24. The van der Waals surface area contributed by atoms with Gasteiger partial charge in [0.15, 0.2) is 0 Å². The Kier molecular flexibility index (Phi) is 7.19. The first-order chi connectivity index (χ1) is 8.63. The number of aliphatic hydroxyl groups is 1. The van der Waals surface area contributed by atoms with Crippen molar-refractivity contribution in [3.8, 4) is 5.75 Å². The maximum absolute atomic E-state index is 13.0. The molecule has 0 bridgehead atoms. The van der Waals surface area contributed by atoms with Gasteiger partial charge in [-0.05, 0) is 34.1 Å². The van der Waals surface area contributed by atoms with Crippen LogP contribution in [0.5, 0.6) is 5.75 Å². The SMILES string of the molecule is COCCNCC(O)COc1ccc(F)c(Br)c1. The summed E-state index contributed by atoms with van der Waals surface area (Å²) in [6, 6.07) is 4.36. The summed E-state index contributed by atoms with van der Waals surface area (Å²) in [6.07, 6.45) is -0.620. The highest BCUT2D eigenvalue weighted by atomic mass is 79.9. The molecule has 1 unspecified atom stereocenters. The highest BCUT2D eigenvalue weighted by molar-refractivity contribution is 9.10. The molecule has 0 aromatic heterocycles. The van der Waals surface area contributed by atoms with Crippen LogP contribution in [0.25, 0.3) is 0 Å². The molecule has 2 N–H and O–H groups in total. The minimum absolute atomic E-state index is 0.151. The van der Waals surface area contributed by atoms with Crippen LogP contribution in [0.15, 0.2) is 22.7 Å². The van der Waals surface area contributed by atoms with E-state index in [9.17, 15) is 9.50 Å². The first-order valence-corrected chi connectivity index (χ1v) is 6.38. The summed E-state index contributed by atoms with van der Waals surface area (Å²) in [4.78, 5) is 0. The van der Waals surface area contributed by atoms with Crippen LogP contribution in [-0.4, -0.2) is 44.6 Å². The average Bonchev–Trinajstić information content (AvgIpc) is 2.36. The summed E-state index contributed by atoms with van der Waals surface area (Å²) >= 11 is 3.07. The molecule has 1 rings (SSSR count). The number of hydrogen-bond donors (Lipinski definition) is 2. The molecule has 6 heteroatoms. The van der Waals surface area contributed by atoms with E-state index >= 15 is 0 Å². The fourth-order valence-corrected chi connectivity index (χ4v) is 1.62. The largest absolute Gasteiger partial charge is 0.491 e. The molecular formula is C12H17BrFNO3. The van der Waals surface area contributed by atoms with Gasteiger partial charge in [-0.1, -0.05) is 0 Å². The van der Waals surface area contributed by atoms with E-state index in [0.29, 0.717) is 29.9 Å². The second-order valence-corrected chi connectivity index (χ2v) is 4.59. The predicted molar refractivity (Wildman–Crippen MR) is 70.3 cm³/mol. The van der Waals surface area contributed by atoms with Crippen molar-refractivity contribution >= 4 is 15.9 Å². The molecule has 0 radical (unpaired) electrons. The van der Waals surface area contributed by atoms with E-state index in [1.807, 2.05) is 0 Å². The standard InChI is InChI=1S/C12H17BrFNO3/c1-17-5-4-15-7-9(16)8-18-10-2-3-12(14)11(13)6-10/h2-3,6,9,15-16H,4-5,7-8H2,1H3. The van der Waals surface area contributed by atoms with Crippen LogP contribution in [0, 0.1) is 5.82 Å². The van der Waals surface area contributed by atoms with E-state index in [2.05, 4.69) is 21.2 Å². The Labute approximate surface area is 114 Å². The van der Waals surface area contributed by atoms with Crippen molar-refractivity contribution in [2.75, 3.05) is 33.4 Å². The lowest BCUT2D eigenvalue weighted by molar-refractivity contribution is 0.103. The lowest BCUT2D eigenvalue weighted by atomic mass is 10.3. The molecule has 4 nitrogen and oxygen atoms in total. The maximum atomic E-state index is 13.0. The average molecular weight is 322 g/mol. The summed E-state index contributed by atoms with van der Waals surface area (Å²) in [5.74, 6) is 0.170. The Morgan fingerprint density at radius 1 is 1.50 bits per heavy atom. The quantitative estimate of drug-likeness (QED) is 0.714. The molecule has 0 spiro atoms. The third kappa shape index (κ3) is 5.77. The van der Waals surface area contributed by atoms with Gasteiger partial charge in [-0.2, -0.15) is 0 Å². The van der Waals surface area contributed by atoms with Gasteiger partial charge in [0.25, 0.3) is 0 Å². The topological polar surface area (TPSA) is 50.7 Å². The summed E-state index contributed by atoms with van der Waals surface area (Å²) in [5, 5.41) is 12.6. The van der Waals surface area contributed by atoms with Gasteiger partial charge < -0.3 is 19.9 Å². The minimum Gasteiger partial charge on any atom is -0.491 e. The first-order valence-electron chi connectivity index (χ1n) is 5.59. The van der Waals surface area contributed by atoms with E-state index in [1.165, 1.54) is 18.2 Å². The summed E-state index contributed by atoms with van der Waals surface area (Å²) < 4.78 is 23.5. The van der Waals surface area contributed by atoms with Gasteiger partial charge in [0.2, 0.25) is 0 Å². The van der Waals surface area contributed by atoms with Gasteiger partial charge in [-0.15, -0.1) is 0 Å². The van der Waals surface area contributed by atoms with Gasteiger partial charge in [-0.3, -0.25) is 0 Å². The summed E-state index contributed by atoms with van der Waals surface area (Å²) in [6.45, 7) is 1.85. The highest BCUT2D eigenvalue weighted by Gasteiger charge is 2.06. The molecule has 1 aromatic carbocycles. The zero-order valence-electron chi connectivity index (χ0n) is 10.2. The van der Waals surface area contributed by atoms with Gasteiger partial charge in [0.1, 0.15) is 24.3 Å². The summed E-state index contributed by atoms with van der Waals surface area (Å²) in [7, 11) is 1.62. The van der Waals surface area contributed by atoms with E-state index in [0.717, 1.165) is 0 Å². The lowest BCUT2D eigenvalue weighted by Crippen LogP contribution is -2.33. The molecule has 102 valence electrons. The van der Waals surface area contributed by atoms with Gasteiger partial charge in [-0.25, -0.2) is 4.39 Å². The molecule has 0 saturated heterocycles. The lowest BCUT2D eigenvalue weighted by Gasteiger charge is -2.13. The van der Waals surface area contributed by atoms with Crippen molar-refractivity contribution in [3.05, 3.63) is 28.5 Å². The number of aliphatic hydroxyl groups excluding tert-OH is 1. The van der Waals surface area contributed by atoms with E-state index in [1.54, 1.807) is 7.11 Å². The predicted octanol–water partition coefficient (Wildman–Crippen LogP) is 1.56. The van der Waals surface area contributed by atoms with Crippen LogP contribution >= 0.6 is 15.9 Å². The van der Waals surface area contributed by atoms with Crippen molar-refractivity contribution in [1.29, 1.82) is 0 Å². The van der Waals surface area contributed by atoms with Crippen molar-refractivity contribution in [3.63, 3.8) is 0 Å². The van der Waals surface area contributed by atoms with Crippen LogP contribution in [0.4, 0.5) is 4.39 Å². The van der Waals surface area contributed by atoms with Crippen molar-refractivity contribution in [1.82, 2.24) is 5.32 Å². The molecule has 1 aromatic rings. The second-order valence-electron chi connectivity index (χ2n) is 3.74. The number of hydrogen-bond acceptors (Lipinski definition) is 4. The van der Waals surface area contributed by atoms with Gasteiger partial charge in [0, 0.05) is 20.2 Å². The van der Waals surface area contributed by atoms with Crippen LogP contribution < -0.4 is 10.1 Å². The minimum atomic E-state index is -0.620. The summed E-state index contributed by atoms with van der Waals surface area (Å²) in [5.41, 5.74) is 0. The fourth-order valence-electron chi connectivity index (χ4n) is 1.26. The molecule has 0 fully saturated rings. The van der Waals surface area contributed by atoms with Crippen LogP contribution in [-0.2, 0) is 4.74 Å². The molecule has 18 heavy (non-hydrogen) atoms. The van der Waals surface area contributed by atoms with Crippen LogP contribution in [0.3, 0.4) is 0 Å². The molecule has 0 aliphatic rings.